The molecule has 0 bridgehead atoms. The zero-order valence-corrected chi connectivity index (χ0v) is 17.2. The molecule has 5 nitrogen and oxygen atoms in total. The Kier molecular flexibility index (Phi) is 5.71. The van der Waals surface area contributed by atoms with Gasteiger partial charge in [-0.25, -0.2) is 4.39 Å². The predicted molar refractivity (Wildman–Crippen MR) is 118 cm³/mol. The van der Waals surface area contributed by atoms with Crippen molar-refractivity contribution in [2.75, 3.05) is 17.7 Å². The van der Waals surface area contributed by atoms with Crippen LogP contribution in [0.1, 0.15) is 35.2 Å². The molecular weight excluding hydrogens is 395 g/mol. The molecule has 0 unspecified atom stereocenters. The average Bonchev–Trinajstić information content (AvgIpc) is 2.75. The molecule has 0 spiro atoms. The van der Waals surface area contributed by atoms with E-state index in [4.69, 9.17) is 4.74 Å². The van der Waals surface area contributed by atoms with E-state index in [1.54, 1.807) is 55.6 Å². The van der Waals surface area contributed by atoms with Crippen LogP contribution in [0.3, 0.4) is 0 Å². The average molecular weight is 418 g/mol. The molecule has 4 rings (SSSR count). The van der Waals surface area contributed by atoms with Gasteiger partial charge < -0.3 is 15.4 Å². The number of rotatable bonds is 6. The summed E-state index contributed by atoms with van der Waals surface area (Å²) in [6, 6.07) is 20.0. The van der Waals surface area contributed by atoms with Crippen LogP contribution >= 0.6 is 0 Å². The first kappa shape index (κ1) is 20.6. The summed E-state index contributed by atoms with van der Waals surface area (Å²) in [4.78, 5) is 25.6. The number of ether oxygens (including phenoxy) is 1. The Hall–Kier alpha value is -3.67. The van der Waals surface area contributed by atoms with E-state index in [1.165, 1.54) is 12.1 Å². The van der Waals surface area contributed by atoms with Crippen molar-refractivity contribution in [3.63, 3.8) is 0 Å². The van der Waals surface area contributed by atoms with E-state index in [9.17, 15) is 14.0 Å². The van der Waals surface area contributed by atoms with Crippen LogP contribution < -0.4 is 15.4 Å². The second kappa shape index (κ2) is 8.60. The standard InChI is InChI=1S/C25H23FN2O3/c1-31-22-6-3-2-5-21(22)28-23(29)17-7-13-20(14-8-17)27-24(30)25(15-4-16-25)18-9-11-19(26)12-10-18/h2-3,5-14H,4,15-16H2,1H3,(H,27,30)(H,28,29). The fourth-order valence-electron chi connectivity index (χ4n) is 3.84. The van der Waals surface area contributed by atoms with Crippen LogP contribution in [0.2, 0.25) is 0 Å². The van der Waals surface area contributed by atoms with Gasteiger partial charge in [-0.2, -0.15) is 0 Å². The minimum atomic E-state index is -0.631. The second-order valence-electron chi connectivity index (χ2n) is 7.63. The van der Waals surface area contributed by atoms with Gasteiger partial charge in [-0.1, -0.05) is 30.7 Å². The topological polar surface area (TPSA) is 67.4 Å². The number of nitrogens with one attached hydrogen (secondary N) is 2. The van der Waals surface area contributed by atoms with Crippen molar-refractivity contribution in [1.29, 1.82) is 0 Å². The quantitative estimate of drug-likeness (QED) is 0.582. The maximum Gasteiger partial charge on any atom is 0.255 e. The number of anilines is 2. The number of amides is 2. The van der Waals surface area contributed by atoms with E-state index in [1.807, 2.05) is 12.1 Å². The van der Waals surface area contributed by atoms with Gasteiger partial charge in [0.1, 0.15) is 11.6 Å². The molecular formula is C25H23FN2O3. The van der Waals surface area contributed by atoms with Gasteiger partial charge in [0, 0.05) is 11.3 Å². The number of para-hydroxylation sites is 2. The summed E-state index contributed by atoms with van der Waals surface area (Å²) in [5.41, 5.74) is 1.84. The molecule has 158 valence electrons. The van der Waals surface area contributed by atoms with Crippen molar-refractivity contribution >= 4 is 23.2 Å². The number of carbonyl (C=O) groups excluding carboxylic acids is 2. The van der Waals surface area contributed by atoms with E-state index < -0.39 is 5.41 Å². The van der Waals surface area contributed by atoms with Crippen LogP contribution in [0.5, 0.6) is 5.75 Å². The van der Waals surface area contributed by atoms with Crippen molar-refractivity contribution in [3.8, 4) is 5.75 Å². The van der Waals surface area contributed by atoms with Gasteiger partial charge in [-0.05, 0) is 66.9 Å². The fraction of sp³-hybridized carbons (Fsp3) is 0.200. The van der Waals surface area contributed by atoms with Crippen molar-refractivity contribution in [2.45, 2.75) is 24.7 Å². The molecule has 0 saturated heterocycles. The molecule has 0 aromatic heterocycles. The van der Waals surface area contributed by atoms with Crippen molar-refractivity contribution in [1.82, 2.24) is 0 Å². The zero-order valence-electron chi connectivity index (χ0n) is 17.2. The number of carbonyl (C=O) groups is 2. The third-order valence-corrected chi connectivity index (χ3v) is 5.80. The van der Waals surface area contributed by atoms with Crippen LogP contribution in [0.15, 0.2) is 72.8 Å². The van der Waals surface area contributed by atoms with Gasteiger partial charge in [0.15, 0.2) is 0 Å². The summed E-state index contributed by atoms with van der Waals surface area (Å²) in [6.07, 6.45) is 2.40. The lowest BCUT2D eigenvalue weighted by Crippen LogP contribution is -2.46. The Balaban J connectivity index is 1.45. The van der Waals surface area contributed by atoms with Gasteiger partial charge in [-0.15, -0.1) is 0 Å². The Labute approximate surface area is 180 Å². The molecule has 0 radical (unpaired) electrons. The smallest absolute Gasteiger partial charge is 0.255 e. The lowest BCUT2D eigenvalue weighted by atomic mass is 9.64. The van der Waals surface area contributed by atoms with Gasteiger partial charge in [0.05, 0.1) is 18.2 Å². The summed E-state index contributed by atoms with van der Waals surface area (Å²) >= 11 is 0. The Bertz CT molecular complexity index is 1090. The summed E-state index contributed by atoms with van der Waals surface area (Å²) in [7, 11) is 1.54. The van der Waals surface area contributed by atoms with E-state index in [0.29, 0.717) is 22.7 Å². The molecule has 1 aliphatic carbocycles. The van der Waals surface area contributed by atoms with Gasteiger partial charge in [-0.3, -0.25) is 9.59 Å². The monoisotopic (exact) mass is 418 g/mol. The third-order valence-electron chi connectivity index (χ3n) is 5.80. The number of hydrogen-bond donors (Lipinski definition) is 2. The maximum absolute atomic E-state index is 13.3. The lowest BCUT2D eigenvalue weighted by Gasteiger charge is -2.40. The van der Waals surface area contributed by atoms with Crippen LogP contribution in [0.4, 0.5) is 15.8 Å². The van der Waals surface area contributed by atoms with Crippen LogP contribution in [0, 0.1) is 5.82 Å². The maximum atomic E-state index is 13.3. The minimum absolute atomic E-state index is 0.114. The van der Waals surface area contributed by atoms with E-state index in [0.717, 1.165) is 24.8 Å². The summed E-state index contributed by atoms with van der Waals surface area (Å²) in [5.74, 6) is -0.132. The number of hydrogen-bond acceptors (Lipinski definition) is 3. The molecule has 1 aliphatic rings. The van der Waals surface area contributed by atoms with Crippen molar-refractivity contribution in [2.24, 2.45) is 0 Å². The molecule has 1 fully saturated rings. The summed E-state index contributed by atoms with van der Waals surface area (Å²) in [6.45, 7) is 0. The molecule has 0 aliphatic heterocycles. The van der Waals surface area contributed by atoms with Gasteiger partial charge >= 0.3 is 0 Å². The van der Waals surface area contributed by atoms with E-state index in [2.05, 4.69) is 10.6 Å². The van der Waals surface area contributed by atoms with Crippen LogP contribution in [-0.2, 0) is 10.2 Å². The number of halogens is 1. The molecule has 0 atom stereocenters. The summed E-state index contributed by atoms with van der Waals surface area (Å²) < 4.78 is 18.5. The first-order valence-corrected chi connectivity index (χ1v) is 10.1. The highest BCUT2D eigenvalue weighted by Gasteiger charge is 2.45. The SMILES string of the molecule is COc1ccccc1NC(=O)c1ccc(NC(=O)C2(c3ccc(F)cc3)CCC2)cc1. The van der Waals surface area contributed by atoms with E-state index in [-0.39, 0.29) is 17.6 Å². The molecule has 3 aromatic rings. The zero-order chi connectivity index (χ0) is 21.8. The highest BCUT2D eigenvalue weighted by molar-refractivity contribution is 6.05. The Morgan fingerprint density at radius 1 is 0.903 bits per heavy atom. The first-order chi connectivity index (χ1) is 15.0. The highest BCUT2D eigenvalue weighted by Crippen LogP contribution is 2.44. The van der Waals surface area contributed by atoms with Crippen LogP contribution in [0.25, 0.3) is 0 Å². The van der Waals surface area contributed by atoms with Gasteiger partial charge in [0.25, 0.3) is 5.91 Å². The predicted octanol–water partition coefficient (Wildman–Crippen LogP) is 5.15. The van der Waals surface area contributed by atoms with Gasteiger partial charge in [0.2, 0.25) is 5.91 Å². The first-order valence-electron chi connectivity index (χ1n) is 10.1. The molecule has 1 saturated carbocycles. The molecule has 0 heterocycles. The summed E-state index contributed by atoms with van der Waals surface area (Å²) in [5, 5.41) is 5.77. The molecule has 2 N–H and O–H groups in total. The molecule has 31 heavy (non-hydrogen) atoms. The Morgan fingerprint density at radius 3 is 2.19 bits per heavy atom. The second-order valence-corrected chi connectivity index (χ2v) is 7.63. The molecule has 2 amide bonds. The third kappa shape index (κ3) is 4.14. The van der Waals surface area contributed by atoms with E-state index >= 15 is 0 Å². The number of benzene rings is 3. The van der Waals surface area contributed by atoms with Crippen molar-refractivity contribution < 1.29 is 18.7 Å². The minimum Gasteiger partial charge on any atom is -0.495 e. The largest absolute Gasteiger partial charge is 0.495 e. The molecule has 6 heteroatoms. The lowest BCUT2D eigenvalue weighted by molar-refractivity contribution is -0.124. The van der Waals surface area contributed by atoms with Crippen molar-refractivity contribution in [3.05, 3.63) is 89.7 Å². The fourth-order valence-corrected chi connectivity index (χ4v) is 3.84. The van der Waals surface area contributed by atoms with Crippen LogP contribution in [-0.4, -0.2) is 18.9 Å². The Morgan fingerprint density at radius 2 is 1.58 bits per heavy atom. The normalized spacial score (nSPS) is 14.3. The highest BCUT2D eigenvalue weighted by atomic mass is 19.1. The molecule has 3 aromatic carbocycles. The number of methoxy groups -OCH3 is 1.